The van der Waals surface area contributed by atoms with Crippen molar-refractivity contribution in [2.75, 3.05) is 20.2 Å². The Morgan fingerprint density at radius 1 is 1.31 bits per heavy atom. The normalized spacial score (nSPS) is 13.3. The van der Waals surface area contributed by atoms with Gasteiger partial charge in [0.2, 0.25) is 5.91 Å². The summed E-state index contributed by atoms with van der Waals surface area (Å²) in [6.45, 7) is -0.531. The lowest BCUT2D eigenvalue weighted by atomic mass is 10.1. The maximum atomic E-state index is 12.4. The number of rotatable bonds is 6. The van der Waals surface area contributed by atoms with Crippen LogP contribution >= 0.6 is 11.6 Å². The molecule has 0 bridgehead atoms. The summed E-state index contributed by atoms with van der Waals surface area (Å²) in [5.41, 5.74) is 0.801. The van der Waals surface area contributed by atoms with Gasteiger partial charge >= 0.3 is 5.97 Å². The number of hydrogen-bond acceptors (Lipinski definition) is 5. The highest BCUT2D eigenvalue weighted by Crippen LogP contribution is 2.21. The number of esters is 1. The Morgan fingerprint density at radius 2 is 2.04 bits per heavy atom. The van der Waals surface area contributed by atoms with Crippen LogP contribution in [0.4, 0.5) is 0 Å². The number of pyridine rings is 1. The van der Waals surface area contributed by atoms with E-state index in [0.717, 1.165) is 12.8 Å². The van der Waals surface area contributed by atoms with Crippen LogP contribution in [0.5, 0.6) is 0 Å². The number of benzene rings is 1. The minimum atomic E-state index is -0.672. The molecule has 1 N–H and O–H groups in total. The van der Waals surface area contributed by atoms with Gasteiger partial charge in [-0.2, -0.15) is 0 Å². The van der Waals surface area contributed by atoms with E-state index in [1.54, 1.807) is 24.3 Å². The van der Waals surface area contributed by atoms with Gasteiger partial charge < -0.3 is 15.0 Å². The van der Waals surface area contributed by atoms with Gasteiger partial charge in [-0.3, -0.25) is 9.59 Å². The topological polar surface area (TPSA) is 88.6 Å². The van der Waals surface area contributed by atoms with Crippen molar-refractivity contribution < 1.29 is 19.1 Å². The first-order valence-corrected chi connectivity index (χ1v) is 8.57. The van der Waals surface area contributed by atoms with Gasteiger partial charge in [-0.25, -0.2) is 9.78 Å². The highest BCUT2D eigenvalue weighted by atomic mass is 35.5. The molecule has 1 aromatic carbocycles. The minimum absolute atomic E-state index is 0.0725. The molecule has 0 unspecified atom stereocenters. The highest BCUT2D eigenvalue weighted by molar-refractivity contribution is 6.30. The summed E-state index contributed by atoms with van der Waals surface area (Å²) >= 11 is 5.95. The van der Waals surface area contributed by atoms with E-state index in [0.29, 0.717) is 10.9 Å². The zero-order valence-corrected chi connectivity index (χ0v) is 15.0. The van der Waals surface area contributed by atoms with E-state index >= 15 is 0 Å². The molecule has 0 aliphatic heterocycles. The molecular weight excluding hydrogens is 358 g/mol. The molecule has 0 radical (unpaired) electrons. The lowest BCUT2D eigenvalue weighted by molar-refractivity contribution is -0.137. The first-order chi connectivity index (χ1) is 12.4. The van der Waals surface area contributed by atoms with Gasteiger partial charge in [0.25, 0.3) is 5.91 Å². The largest absolute Gasteiger partial charge is 0.452 e. The number of carbonyl (C=O) groups is 3. The number of para-hydroxylation sites is 1. The summed E-state index contributed by atoms with van der Waals surface area (Å²) in [4.78, 5) is 41.5. The summed E-state index contributed by atoms with van der Waals surface area (Å²) in [5.74, 6) is -1.36. The zero-order chi connectivity index (χ0) is 18.7. The quantitative estimate of drug-likeness (QED) is 0.614. The number of amides is 2. The maximum Gasteiger partial charge on any atom is 0.339 e. The molecule has 8 heteroatoms. The SMILES string of the molecule is CN(CC(=O)NC1CC1)C(=O)COC(=O)c1cc(Cl)nc2ccccc12. The first-order valence-electron chi connectivity index (χ1n) is 8.20. The lowest BCUT2D eigenvalue weighted by Gasteiger charge is -2.16. The third-order valence-corrected chi connectivity index (χ3v) is 4.17. The molecular formula is C18H18ClN3O4. The number of aromatic nitrogens is 1. The third-order valence-electron chi connectivity index (χ3n) is 3.98. The van der Waals surface area contributed by atoms with Gasteiger partial charge in [0.15, 0.2) is 6.61 Å². The number of nitrogens with zero attached hydrogens (tertiary/aromatic N) is 2. The first kappa shape index (κ1) is 18.1. The average Bonchev–Trinajstić information content (AvgIpc) is 3.42. The Hall–Kier alpha value is -2.67. The fourth-order valence-electron chi connectivity index (χ4n) is 2.43. The molecule has 2 aromatic rings. The van der Waals surface area contributed by atoms with Crippen LogP contribution in [-0.4, -0.2) is 53.9 Å². The van der Waals surface area contributed by atoms with Crippen LogP contribution in [0.15, 0.2) is 30.3 Å². The third kappa shape index (κ3) is 4.49. The molecule has 7 nitrogen and oxygen atoms in total. The monoisotopic (exact) mass is 375 g/mol. The number of ether oxygens (including phenoxy) is 1. The molecule has 0 spiro atoms. The molecule has 136 valence electrons. The molecule has 1 aromatic heterocycles. The second kappa shape index (κ2) is 7.70. The van der Waals surface area contributed by atoms with E-state index in [2.05, 4.69) is 10.3 Å². The van der Waals surface area contributed by atoms with Crippen LogP contribution < -0.4 is 5.32 Å². The van der Waals surface area contributed by atoms with Crippen molar-refractivity contribution in [3.63, 3.8) is 0 Å². The van der Waals surface area contributed by atoms with Crippen molar-refractivity contribution in [2.24, 2.45) is 0 Å². The Kier molecular flexibility index (Phi) is 5.37. The average molecular weight is 376 g/mol. The molecule has 1 heterocycles. The van der Waals surface area contributed by atoms with E-state index in [4.69, 9.17) is 16.3 Å². The van der Waals surface area contributed by atoms with Crippen molar-refractivity contribution >= 4 is 40.3 Å². The molecule has 1 aliphatic carbocycles. The molecule has 1 fully saturated rings. The molecule has 0 saturated heterocycles. The number of carbonyl (C=O) groups excluding carboxylic acids is 3. The Bertz CT molecular complexity index is 867. The number of likely N-dealkylation sites (N-methyl/N-ethyl adjacent to an activating group) is 1. The molecule has 1 saturated carbocycles. The van der Waals surface area contributed by atoms with Gasteiger partial charge in [0.05, 0.1) is 17.6 Å². The number of halogens is 1. The Labute approximate surface area is 155 Å². The van der Waals surface area contributed by atoms with Gasteiger partial charge in [-0.1, -0.05) is 29.8 Å². The van der Waals surface area contributed by atoms with Crippen molar-refractivity contribution in [3.8, 4) is 0 Å². The summed E-state index contributed by atoms with van der Waals surface area (Å²) in [6.07, 6.45) is 1.95. The van der Waals surface area contributed by atoms with Crippen molar-refractivity contribution in [1.82, 2.24) is 15.2 Å². The summed E-state index contributed by atoms with van der Waals surface area (Å²) in [7, 11) is 1.49. The maximum absolute atomic E-state index is 12.4. The van der Waals surface area contributed by atoms with Crippen LogP contribution in [0, 0.1) is 0 Å². The second-order valence-electron chi connectivity index (χ2n) is 6.18. The van der Waals surface area contributed by atoms with Crippen LogP contribution in [0.3, 0.4) is 0 Å². The van der Waals surface area contributed by atoms with E-state index in [-0.39, 0.29) is 29.2 Å². The minimum Gasteiger partial charge on any atom is -0.452 e. The van der Waals surface area contributed by atoms with E-state index < -0.39 is 18.5 Å². The standard InChI is InChI=1S/C18H18ClN3O4/c1-22(9-16(23)20-11-6-7-11)17(24)10-26-18(25)13-8-15(19)21-14-5-3-2-4-12(13)14/h2-5,8,11H,6-7,9-10H2,1H3,(H,20,23). The van der Waals surface area contributed by atoms with Crippen molar-refractivity contribution in [1.29, 1.82) is 0 Å². The lowest BCUT2D eigenvalue weighted by Crippen LogP contribution is -2.40. The molecule has 3 rings (SSSR count). The van der Waals surface area contributed by atoms with Crippen LogP contribution in [0.25, 0.3) is 10.9 Å². The van der Waals surface area contributed by atoms with Gasteiger partial charge in [0.1, 0.15) is 5.15 Å². The van der Waals surface area contributed by atoms with E-state index in [9.17, 15) is 14.4 Å². The van der Waals surface area contributed by atoms with Crippen LogP contribution in [0.2, 0.25) is 5.15 Å². The smallest absolute Gasteiger partial charge is 0.339 e. The predicted octanol–water partition coefficient (Wildman–Crippen LogP) is 1.78. The van der Waals surface area contributed by atoms with Crippen molar-refractivity contribution in [3.05, 3.63) is 41.0 Å². The fourth-order valence-corrected chi connectivity index (χ4v) is 2.63. The van der Waals surface area contributed by atoms with Crippen LogP contribution in [0.1, 0.15) is 23.2 Å². The van der Waals surface area contributed by atoms with Crippen LogP contribution in [-0.2, 0) is 14.3 Å². The molecule has 0 atom stereocenters. The molecule has 1 aliphatic rings. The van der Waals surface area contributed by atoms with Gasteiger partial charge in [-0.15, -0.1) is 0 Å². The number of fused-ring (bicyclic) bond motifs is 1. The van der Waals surface area contributed by atoms with E-state index in [1.807, 2.05) is 0 Å². The van der Waals surface area contributed by atoms with Gasteiger partial charge in [0, 0.05) is 18.5 Å². The van der Waals surface area contributed by atoms with Gasteiger partial charge in [-0.05, 0) is 25.0 Å². The van der Waals surface area contributed by atoms with E-state index in [1.165, 1.54) is 18.0 Å². The predicted molar refractivity (Wildman–Crippen MR) is 95.8 cm³/mol. The molecule has 26 heavy (non-hydrogen) atoms. The summed E-state index contributed by atoms with van der Waals surface area (Å²) < 4.78 is 5.10. The zero-order valence-electron chi connectivity index (χ0n) is 14.2. The van der Waals surface area contributed by atoms with Crippen molar-refractivity contribution in [2.45, 2.75) is 18.9 Å². The highest BCUT2D eigenvalue weighted by Gasteiger charge is 2.24. The number of hydrogen-bond donors (Lipinski definition) is 1. The summed E-state index contributed by atoms with van der Waals surface area (Å²) in [6, 6.07) is 8.65. The fraction of sp³-hybridized carbons (Fsp3) is 0.333. The Balaban J connectivity index is 1.59. The second-order valence-corrected chi connectivity index (χ2v) is 6.56. The Morgan fingerprint density at radius 3 is 2.77 bits per heavy atom. The number of nitrogens with one attached hydrogen (secondary N) is 1. The molecule has 2 amide bonds. The summed E-state index contributed by atoms with van der Waals surface area (Å²) in [5, 5.41) is 3.55.